The molecule has 1 aromatic carbocycles. The Morgan fingerprint density at radius 2 is 2.03 bits per heavy atom. The highest BCUT2D eigenvalue weighted by Crippen LogP contribution is 2.35. The van der Waals surface area contributed by atoms with Crippen molar-refractivity contribution in [3.05, 3.63) is 52.3 Å². The molecular weight excluding hydrogens is 464 g/mol. The standard InChI is InChI=1S/C26H33ClN6O2/c1-16(2)35-23-8-7-18(27)12-20(23)26(34)32-10-5-4-6-22(32)21-13-24-29-25(17(3)14-33(24)30-21)31-11-9-19(28)15-31/h7-8,12-14,16,19,22H,4-6,9-11,15,28H2,1-3H3/t19?,22-/m0/s1. The molecule has 0 saturated carbocycles. The number of anilines is 1. The molecule has 5 rings (SSSR count). The maximum absolute atomic E-state index is 13.8. The van der Waals surface area contributed by atoms with E-state index in [0.717, 1.165) is 61.5 Å². The van der Waals surface area contributed by atoms with E-state index >= 15 is 0 Å². The zero-order valence-electron chi connectivity index (χ0n) is 20.6. The third kappa shape index (κ3) is 4.82. The molecule has 1 unspecified atom stereocenters. The molecule has 2 aliphatic heterocycles. The second-order valence-electron chi connectivity index (χ2n) is 9.93. The van der Waals surface area contributed by atoms with Gasteiger partial charge in [-0.1, -0.05) is 11.6 Å². The van der Waals surface area contributed by atoms with E-state index in [9.17, 15) is 4.79 Å². The third-order valence-corrected chi connectivity index (χ3v) is 7.02. The number of hydrogen-bond acceptors (Lipinski definition) is 6. The predicted octanol–water partition coefficient (Wildman–Crippen LogP) is 4.38. The van der Waals surface area contributed by atoms with Gasteiger partial charge in [0.2, 0.25) is 0 Å². The lowest BCUT2D eigenvalue weighted by Crippen LogP contribution is -2.39. The van der Waals surface area contributed by atoms with Gasteiger partial charge in [-0.3, -0.25) is 4.79 Å². The number of aromatic nitrogens is 3. The lowest BCUT2D eigenvalue weighted by atomic mass is 9.98. The average Bonchev–Trinajstić information content (AvgIpc) is 3.44. The molecule has 9 heteroatoms. The predicted molar refractivity (Wildman–Crippen MR) is 137 cm³/mol. The summed E-state index contributed by atoms with van der Waals surface area (Å²) in [6.45, 7) is 8.34. The van der Waals surface area contributed by atoms with Gasteiger partial charge in [-0.05, 0) is 64.7 Å². The van der Waals surface area contributed by atoms with Gasteiger partial charge < -0.3 is 20.3 Å². The first-order chi connectivity index (χ1) is 16.8. The smallest absolute Gasteiger partial charge is 0.258 e. The summed E-state index contributed by atoms with van der Waals surface area (Å²) in [4.78, 5) is 22.9. The maximum atomic E-state index is 13.8. The van der Waals surface area contributed by atoms with Crippen LogP contribution in [0.1, 0.15) is 67.2 Å². The van der Waals surface area contributed by atoms with Crippen molar-refractivity contribution in [2.45, 2.75) is 64.6 Å². The van der Waals surface area contributed by atoms with Gasteiger partial charge in [-0.15, -0.1) is 0 Å². The summed E-state index contributed by atoms with van der Waals surface area (Å²) in [5, 5.41) is 5.37. The van der Waals surface area contributed by atoms with Crippen molar-refractivity contribution in [1.29, 1.82) is 0 Å². The van der Waals surface area contributed by atoms with E-state index in [-0.39, 0.29) is 24.1 Å². The largest absolute Gasteiger partial charge is 0.490 e. The van der Waals surface area contributed by atoms with Crippen molar-refractivity contribution >= 4 is 29.0 Å². The van der Waals surface area contributed by atoms with Gasteiger partial charge in [0.15, 0.2) is 5.65 Å². The molecule has 0 radical (unpaired) electrons. The molecule has 2 aliphatic rings. The van der Waals surface area contributed by atoms with Crippen LogP contribution >= 0.6 is 11.6 Å². The van der Waals surface area contributed by atoms with Gasteiger partial charge in [0.1, 0.15) is 11.6 Å². The Balaban J connectivity index is 1.47. The number of nitrogens with two attached hydrogens (primary N) is 1. The number of rotatable bonds is 5. The number of piperidine rings is 1. The highest BCUT2D eigenvalue weighted by atomic mass is 35.5. The highest BCUT2D eigenvalue weighted by molar-refractivity contribution is 6.31. The first kappa shape index (κ1) is 23.9. The van der Waals surface area contributed by atoms with Gasteiger partial charge in [-0.2, -0.15) is 5.10 Å². The molecule has 2 aromatic heterocycles. The summed E-state index contributed by atoms with van der Waals surface area (Å²) in [5.41, 5.74) is 9.31. The third-order valence-electron chi connectivity index (χ3n) is 6.79. The van der Waals surface area contributed by atoms with E-state index < -0.39 is 0 Å². The van der Waals surface area contributed by atoms with E-state index in [2.05, 4.69) is 11.8 Å². The Morgan fingerprint density at radius 3 is 2.77 bits per heavy atom. The minimum Gasteiger partial charge on any atom is -0.490 e. The van der Waals surface area contributed by atoms with Gasteiger partial charge in [0, 0.05) is 48.5 Å². The van der Waals surface area contributed by atoms with Crippen LogP contribution in [0.25, 0.3) is 5.65 Å². The van der Waals surface area contributed by atoms with Crippen LogP contribution in [0.4, 0.5) is 5.82 Å². The van der Waals surface area contributed by atoms with E-state index in [1.807, 2.05) is 35.5 Å². The Bertz CT molecular complexity index is 1240. The number of amides is 1. The molecule has 2 saturated heterocycles. The molecule has 2 fully saturated rings. The van der Waals surface area contributed by atoms with Gasteiger partial charge in [-0.25, -0.2) is 9.50 Å². The van der Waals surface area contributed by atoms with Crippen molar-refractivity contribution in [1.82, 2.24) is 19.5 Å². The summed E-state index contributed by atoms with van der Waals surface area (Å²) >= 11 is 6.27. The van der Waals surface area contributed by atoms with E-state index in [1.54, 1.807) is 18.2 Å². The number of carbonyl (C=O) groups is 1. The summed E-state index contributed by atoms with van der Waals surface area (Å²) in [7, 11) is 0. The normalized spacial score (nSPS) is 20.7. The Morgan fingerprint density at radius 1 is 1.20 bits per heavy atom. The number of fused-ring (bicyclic) bond motifs is 1. The fourth-order valence-electron chi connectivity index (χ4n) is 5.14. The lowest BCUT2D eigenvalue weighted by Gasteiger charge is -2.35. The molecule has 0 spiro atoms. The van der Waals surface area contributed by atoms with E-state index in [1.165, 1.54) is 0 Å². The number of aryl methyl sites for hydroxylation is 1. The Labute approximate surface area is 211 Å². The number of likely N-dealkylation sites (tertiary alicyclic amines) is 1. The fraction of sp³-hybridized carbons (Fsp3) is 0.500. The topological polar surface area (TPSA) is 89.0 Å². The number of hydrogen-bond donors (Lipinski definition) is 1. The quantitative estimate of drug-likeness (QED) is 0.563. The van der Waals surface area contributed by atoms with E-state index in [0.29, 0.717) is 22.9 Å². The van der Waals surface area contributed by atoms with Crippen LogP contribution in [0.5, 0.6) is 5.75 Å². The zero-order valence-corrected chi connectivity index (χ0v) is 21.3. The lowest BCUT2D eigenvalue weighted by molar-refractivity contribution is 0.0600. The molecule has 186 valence electrons. The van der Waals surface area contributed by atoms with Crippen LogP contribution < -0.4 is 15.4 Å². The van der Waals surface area contributed by atoms with Crippen molar-refractivity contribution in [3.8, 4) is 5.75 Å². The van der Waals surface area contributed by atoms with Gasteiger partial charge in [0.25, 0.3) is 5.91 Å². The van der Waals surface area contributed by atoms with Crippen LogP contribution in [0.2, 0.25) is 5.02 Å². The number of carbonyl (C=O) groups excluding carboxylic acids is 1. The van der Waals surface area contributed by atoms with Crippen molar-refractivity contribution in [2.24, 2.45) is 5.73 Å². The average molecular weight is 497 g/mol. The zero-order chi connectivity index (χ0) is 24.7. The van der Waals surface area contributed by atoms with Crippen molar-refractivity contribution in [3.63, 3.8) is 0 Å². The van der Waals surface area contributed by atoms with Crippen molar-refractivity contribution < 1.29 is 9.53 Å². The molecule has 3 aromatic rings. The number of ether oxygens (including phenoxy) is 1. The Kier molecular flexibility index (Phi) is 6.59. The van der Waals surface area contributed by atoms with E-state index in [4.69, 9.17) is 32.2 Å². The monoisotopic (exact) mass is 496 g/mol. The van der Waals surface area contributed by atoms with Crippen LogP contribution in [-0.2, 0) is 0 Å². The Hall–Kier alpha value is -2.84. The summed E-state index contributed by atoms with van der Waals surface area (Å²) in [6, 6.07) is 7.30. The number of benzene rings is 1. The van der Waals surface area contributed by atoms with Crippen LogP contribution in [0, 0.1) is 6.92 Å². The molecule has 2 atom stereocenters. The summed E-state index contributed by atoms with van der Waals surface area (Å²) in [5.74, 6) is 1.43. The molecule has 4 heterocycles. The van der Waals surface area contributed by atoms with Crippen LogP contribution in [-0.4, -0.2) is 57.2 Å². The number of nitrogens with zero attached hydrogens (tertiary/aromatic N) is 5. The highest BCUT2D eigenvalue weighted by Gasteiger charge is 2.32. The molecule has 8 nitrogen and oxygen atoms in total. The minimum absolute atomic E-state index is 0.0491. The molecular formula is C26H33ClN6O2. The number of halogens is 1. The summed E-state index contributed by atoms with van der Waals surface area (Å²) in [6.07, 6.45) is 5.78. The van der Waals surface area contributed by atoms with Gasteiger partial charge in [0.05, 0.1) is 23.4 Å². The molecule has 2 N–H and O–H groups in total. The first-order valence-corrected chi connectivity index (χ1v) is 12.8. The SMILES string of the molecule is Cc1cn2nc([C@@H]3CCCCN3C(=O)c3cc(Cl)ccc3OC(C)C)cc2nc1N1CCC(N)C1. The van der Waals surface area contributed by atoms with Crippen LogP contribution in [0.15, 0.2) is 30.5 Å². The molecule has 35 heavy (non-hydrogen) atoms. The fourth-order valence-corrected chi connectivity index (χ4v) is 5.32. The van der Waals surface area contributed by atoms with Crippen LogP contribution in [0.3, 0.4) is 0 Å². The molecule has 0 bridgehead atoms. The summed E-state index contributed by atoms with van der Waals surface area (Å²) < 4.78 is 7.76. The van der Waals surface area contributed by atoms with Crippen molar-refractivity contribution in [2.75, 3.05) is 24.5 Å². The second-order valence-corrected chi connectivity index (χ2v) is 10.4. The second kappa shape index (κ2) is 9.66. The minimum atomic E-state index is -0.132. The van der Waals surface area contributed by atoms with Gasteiger partial charge >= 0.3 is 0 Å². The maximum Gasteiger partial charge on any atom is 0.258 e. The molecule has 0 aliphatic carbocycles. The molecule has 1 amide bonds. The first-order valence-electron chi connectivity index (χ1n) is 12.4.